The van der Waals surface area contributed by atoms with E-state index in [9.17, 15) is 0 Å². The summed E-state index contributed by atoms with van der Waals surface area (Å²) < 4.78 is 26.1. The fourth-order valence-corrected chi connectivity index (χ4v) is 9.16. The van der Waals surface area contributed by atoms with E-state index in [1.165, 1.54) is 0 Å². The number of fused-ring (bicyclic) bond motifs is 8. The lowest BCUT2D eigenvalue weighted by Gasteiger charge is -2.20. The molecule has 0 atom stereocenters. The van der Waals surface area contributed by atoms with Gasteiger partial charge in [-0.3, -0.25) is 8.97 Å². The second-order valence-corrected chi connectivity index (χ2v) is 13.5. The molecule has 3 aromatic heterocycles. The smallest absolute Gasteiger partial charge is 0.220 e. The van der Waals surface area contributed by atoms with Crippen LogP contribution in [0.2, 0.25) is 0 Å². The summed E-state index contributed by atoms with van der Waals surface area (Å²) in [6, 6.07) is 48.3. The molecule has 0 N–H and O–H groups in total. The first-order valence-electron chi connectivity index (χ1n) is 14.3. The van der Waals surface area contributed by atoms with Gasteiger partial charge in [-0.25, -0.2) is 4.98 Å². The van der Waals surface area contributed by atoms with Crippen LogP contribution in [-0.2, 0) is 4.57 Å². The van der Waals surface area contributed by atoms with E-state index in [4.69, 9.17) is 9.40 Å². The SMILES string of the molecule is O=P(c1ccccc1)(c1ccccc1)c1ccc2oc3cccc(-n4c5ccccc5n5c6ccccc6nc45)c3c2c1. The Morgan fingerprint density at radius 3 is 1.95 bits per heavy atom. The molecule has 204 valence electrons. The van der Waals surface area contributed by atoms with Gasteiger partial charge in [0.2, 0.25) is 5.78 Å². The molecular formula is C37H24N3O2P. The first kappa shape index (κ1) is 24.2. The maximum atomic E-state index is 15.2. The summed E-state index contributed by atoms with van der Waals surface area (Å²) in [4.78, 5) is 5.09. The predicted octanol–water partition coefficient (Wildman–Crippen LogP) is 7.97. The van der Waals surface area contributed by atoms with E-state index >= 15 is 4.57 Å². The highest BCUT2D eigenvalue weighted by atomic mass is 31.2. The summed E-state index contributed by atoms with van der Waals surface area (Å²) in [6.07, 6.45) is 0. The number of nitrogens with zero attached hydrogens (tertiary/aromatic N) is 3. The van der Waals surface area contributed by atoms with E-state index in [0.717, 1.165) is 71.4 Å². The summed E-state index contributed by atoms with van der Waals surface area (Å²) in [7, 11) is -3.17. The number of furan rings is 1. The van der Waals surface area contributed by atoms with Gasteiger partial charge in [0.15, 0.2) is 7.14 Å². The maximum absolute atomic E-state index is 15.2. The van der Waals surface area contributed by atoms with E-state index in [0.29, 0.717) is 0 Å². The zero-order valence-corrected chi connectivity index (χ0v) is 23.9. The average molecular weight is 574 g/mol. The molecule has 6 aromatic carbocycles. The Hall–Kier alpha value is -5.38. The zero-order chi connectivity index (χ0) is 28.5. The van der Waals surface area contributed by atoms with Crippen molar-refractivity contribution >= 4 is 72.8 Å². The summed E-state index contributed by atoms with van der Waals surface area (Å²) in [5.74, 6) is 0.833. The Kier molecular flexibility index (Phi) is 5.11. The van der Waals surface area contributed by atoms with Crippen molar-refractivity contribution in [3.63, 3.8) is 0 Å². The molecule has 0 fully saturated rings. The molecule has 9 rings (SSSR count). The number of hydrogen-bond acceptors (Lipinski definition) is 3. The van der Waals surface area contributed by atoms with Gasteiger partial charge in [-0.2, -0.15) is 0 Å². The van der Waals surface area contributed by atoms with Gasteiger partial charge >= 0.3 is 0 Å². The zero-order valence-electron chi connectivity index (χ0n) is 23.0. The maximum Gasteiger partial charge on any atom is 0.220 e. The van der Waals surface area contributed by atoms with Gasteiger partial charge < -0.3 is 8.98 Å². The van der Waals surface area contributed by atoms with E-state index in [1.807, 2.05) is 103 Å². The predicted molar refractivity (Wildman–Crippen MR) is 176 cm³/mol. The number of aromatic nitrogens is 3. The Labute approximate surface area is 246 Å². The molecule has 0 spiro atoms. The number of benzene rings is 6. The first-order chi connectivity index (χ1) is 21.2. The third-order valence-electron chi connectivity index (χ3n) is 8.41. The van der Waals surface area contributed by atoms with Crippen molar-refractivity contribution in [1.29, 1.82) is 0 Å². The van der Waals surface area contributed by atoms with Crippen LogP contribution < -0.4 is 15.9 Å². The Bertz CT molecular complexity index is 2500. The van der Waals surface area contributed by atoms with Crippen molar-refractivity contribution in [2.75, 3.05) is 0 Å². The van der Waals surface area contributed by atoms with E-state index < -0.39 is 7.14 Å². The molecule has 0 aliphatic heterocycles. The second-order valence-electron chi connectivity index (χ2n) is 10.8. The Balaban J connectivity index is 1.38. The van der Waals surface area contributed by atoms with E-state index in [1.54, 1.807) is 0 Å². The average Bonchev–Trinajstić information content (AvgIpc) is 3.73. The molecule has 6 heteroatoms. The minimum atomic E-state index is -3.17. The van der Waals surface area contributed by atoms with Crippen LogP contribution in [0, 0.1) is 0 Å². The standard InChI is InChI=1S/C37H24N3O2P/c41-43(25-12-3-1-4-13-25,26-14-5-2-6-15-26)27-22-23-34-28(24-27)36-33(20-11-21-35(36)42-34)40-32-19-10-9-18-31(32)39-30-17-8-7-16-29(30)38-37(39)40/h1-24H. The van der Waals surface area contributed by atoms with Crippen LogP contribution in [0.25, 0.3) is 55.5 Å². The Morgan fingerprint density at radius 1 is 0.558 bits per heavy atom. The van der Waals surface area contributed by atoms with E-state index in [2.05, 4.69) is 51.4 Å². The van der Waals surface area contributed by atoms with Gasteiger partial charge in [-0.05, 0) is 54.6 Å². The molecule has 0 amide bonds. The van der Waals surface area contributed by atoms with Crippen molar-refractivity contribution < 1.29 is 8.98 Å². The van der Waals surface area contributed by atoms with Gasteiger partial charge in [0.1, 0.15) is 11.2 Å². The van der Waals surface area contributed by atoms with Crippen LogP contribution in [0.15, 0.2) is 150 Å². The molecular weight excluding hydrogens is 549 g/mol. The number of para-hydroxylation sites is 4. The minimum absolute atomic E-state index is 0.750. The van der Waals surface area contributed by atoms with Crippen LogP contribution in [0.3, 0.4) is 0 Å². The van der Waals surface area contributed by atoms with Crippen LogP contribution in [0.5, 0.6) is 0 Å². The molecule has 0 bridgehead atoms. The molecule has 0 radical (unpaired) electrons. The van der Waals surface area contributed by atoms with Crippen LogP contribution >= 0.6 is 7.14 Å². The number of rotatable bonds is 4. The van der Waals surface area contributed by atoms with Crippen molar-refractivity contribution in [3.05, 3.63) is 146 Å². The summed E-state index contributed by atoms with van der Waals surface area (Å²) >= 11 is 0. The topological polar surface area (TPSA) is 52.4 Å². The van der Waals surface area contributed by atoms with Gasteiger partial charge in [0, 0.05) is 21.3 Å². The molecule has 0 aliphatic rings. The molecule has 9 aromatic rings. The van der Waals surface area contributed by atoms with Crippen molar-refractivity contribution in [3.8, 4) is 5.69 Å². The second kappa shape index (κ2) is 9.06. The Morgan fingerprint density at radius 2 is 1.21 bits per heavy atom. The highest BCUT2D eigenvalue weighted by Gasteiger charge is 2.30. The molecule has 0 unspecified atom stereocenters. The van der Waals surface area contributed by atoms with Crippen molar-refractivity contribution in [1.82, 2.24) is 14.0 Å². The lowest BCUT2D eigenvalue weighted by Crippen LogP contribution is -2.24. The summed E-state index contributed by atoms with van der Waals surface area (Å²) in [6.45, 7) is 0. The van der Waals surface area contributed by atoms with Gasteiger partial charge in [0.25, 0.3) is 0 Å². The van der Waals surface area contributed by atoms with Crippen molar-refractivity contribution in [2.45, 2.75) is 0 Å². The molecule has 3 heterocycles. The summed E-state index contributed by atoms with van der Waals surface area (Å²) in [5.41, 5.74) is 6.61. The van der Waals surface area contributed by atoms with E-state index in [-0.39, 0.29) is 0 Å². The van der Waals surface area contributed by atoms with Crippen molar-refractivity contribution in [2.24, 2.45) is 0 Å². The molecule has 0 saturated carbocycles. The fourth-order valence-electron chi connectivity index (χ4n) is 6.49. The number of hydrogen-bond donors (Lipinski definition) is 0. The molecule has 0 saturated heterocycles. The third kappa shape index (κ3) is 3.40. The van der Waals surface area contributed by atoms with Crippen LogP contribution in [-0.4, -0.2) is 14.0 Å². The highest BCUT2D eigenvalue weighted by molar-refractivity contribution is 7.85. The largest absolute Gasteiger partial charge is 0.456 e. The van der Waals surface area contributed by atoms with Gasteiger partial charge in [0.05, 0.1) is 33.1 Å². The minimum Gasteiger partial charge on any atom is -0.456 e. The van der Waals surface area contributed by atoms with Crippen LogP contribution in [0.4, 0.5) is 0 Å². The lowest BCUT2D eigenvalue weighted by atomic mass is 10.1. The highest BCUT2D eigenvalue weighted by Crippen LogP contribution is 2.44. The molecule has 5 nitrogen and oxygen atoms in total. The normalized spacial score (nSPS) is 12.3. The van der Waals surface area contributed by atoms with Gasteiger partial charge in [-0.1, -0.05) is 91.0 Å². The van der Waals surface area contributed by atoms with Crippen LogP contribution in [0.1, 0.15) is 0 Å². The molecule has 0 aliphatic carbocycles. The quantitative estimate of drug-likeness (QED) is 0.201. The molecule has 43 heavy (non-hydrogen) atoms. The van der Waals surface area contributed by atoms with Gasteiger partial charge in [-0.15, -0.1) is 0 Å². The fraction of sp³-hybridized carbons (Fsp3) is 0. The lowest BCUT2D eigenvalue weighted by molar-refractivity contribution is 0.592. The third-order valence-corrected chi connectivity index (χ3v) is 11.5. The first-order valence-corrected chi connectivity index (χ1v) is 16.0. The number of imidazole rings is 2. The monoisotopic (exact) mass is 573 g/mol. The summed E-state index contributed by atoms with van der Waals surface area (Å²) in [5, 5.41) is 4.25.